The number of methoxy groups -OCH3 is 1. The zero-order valence-electron chi connectivity index (χ0n) is 5.07. The largest absolute Gasteiger partial charge is 0.500 e. The van der Waals surface area contributed by atoms with Crippen molar-refractivity contribution >= 4 is 22.6 Å². The summed E-state index contributed by atoms with van der Waals surface area (Å²) in [6.45, 7) is 5.49. The molecule has 0 atom stereocenters. The van der Waals surface area contributed by atoms with Crippen LogP contribution in [-0.2, 0) is 4.74 Å². The van der Waals surface area contributed by atoms with Crippen molar-refractivity contribution in [1.29, 1.82) is 0 Å². The van der Waals surface area contributed by atoms with E-state index >= 15 is 0 Å². The second-order valence-corrected chi connectivity index (χ2v) is 2.47. The number of hydrogen-bond donors (Lipinski definition) is 0. The summed E-state index contributed by atoms with van der Waals surface area (Å²) in [6.07, 6.45) is 1.76. The monoisotopic (exact) mass is 224 g/mol. The molecule has 0 aromatic carbocycles. The predicted molar refractivity (Wildman–Crippen MR) is 43.9 cm³/mol. The maximum Gasteiger partial charge on any atom is 0.106 e. The van der Waals surface area contributed by atoms with Crippen LogP contribution in [0.1, 0.15) is 6.92 Å². The molecule has 0 aliphatic carbocycles. The lowest BCUT2D eigenvalue weighted by atomic mass is 10.5. The fraction of sp³-hybridized carbons (Fsp3) is 0.333. The smallest absolute Gasteiger partial charge is 0.106 e. The summed E-state index contributed by atoms with van der Waals surface area (Å²) in [4.78, 5) is 0. The van der Waals surface area contributed by atoms with Crippen molar-refractivity contribution in [3.05, 3.63) is 22.0 Å². The zero-order chi connectivity index (χ0) is 6.57. The molecule has 2 heteroatoms. The van der Waals surface area contributed by atoms with E-state index in [1.807, 2.05) is 6.92 Å². The van der Waals surface area contributed by atoms with Crippen LogP contribution < -0.4 is 0 Å². The topological polar surface area (TPSA) is 9.23 Å². The van der Waals surface area contributed by atoms with Crippen molar-refractivity contribution in [3.8, 4) is 0 Å². The fourth-order valence-electron chi connectivity index (χ4n) is 0.241. The molecule has 0 saturated carbocycles. The third kappa shape index (κ3) is 2.35. The van der Waals surface area contributed by atoms with Crippen LogP contribution >= 0.6 is 22.6 Å². The molecule has 0 aromatic heterocycles. The molecule has 0 fully saturated rings. The van der Waals surface area contributed by atoms with Gasteiger partial charge in [-0.3, -0.25) is 0 Å². The van der Waals surface area contributed by atoms with Crippen LogP contribution in [-0.4, -0.2) is 7.11 Å². The van der Waals surface area contributed by atoms with Crippen molar-refractivity contribution in [3.63, 3.8) is 0 Å². The van der Waals surface area contributed by atoms with Gasteiger partial charge in [-0.25, -0.2) is 0 Å². The summed E-state index contributed by atoms with van der Waals surface area (Å²) in [6, 6.07) is 0. The van der Waals surface area contributed by atoms with Gasteiger partial charge in [0.2, 0.25) is 0 Å². The molecule has 1 nitrogen and oxygen atoms in total. The first-order valence-corrected chi connectivity index (χ1v) is 3.33. The lowest BCUT2D eigenvalue weighted by Crippen LogP contribution is -1.79. The molecular weight excluding hydrogens is 215 g/mol. The molecule has 0 amide bonds. The molecule has 0 unspecified atom stereocenters. The Morgan fingerprint density at radius 1 is 1.75 bits per heavy atom. The highest BCUT2D eigenvalue weighted by Crippen LogP contribution is 2.12. The third-order valence-electron chi connectivity index (χ3n) is 0.822. The predicted octanol–water partition coefficient (Wildman–Crippen LogP) is 2.49. The number of halogens is 1. The normalized spacial score (nSPS) is 12.4. The molecule has 0 rings (SSSR count). The second-order valence-electron chi connectivity index (χ2n) is 1.31. The van der Waals surface area contributed by atoms with Gasteiger partial charge in [0.25, 0.3) is 0 Å². The van der Waals surface area contributed by atoms with Gasteiger partial charge in [-0.15, -0.1) is 0 Å². The van der Waals surface area contributed by atoms with E-state index in [0.29, 0.717) is 0 Å². The standard InChI is InChI=1S/C6H9IO/c1-4-6(7)5(2)8-3/h4H,1H2,2-3H3/b6-5-. The highest BCUT2D eigenvalue weighted by atomic mass is 127. The van der Waals surface area contributed by atoms with Crippen LogP contribution in [0.2, 0.25) is 0 Å². The Morgan fingerprint density at radius 3 is 2.38 bits per heavy atom. The van der Waals surface area contributed by atoms with Crippen molar-refractivity contribution in [2.75, 3.05) is 7.11 Å². The maximum absolute atomic E-state index is 4.90. The van der Waals surface area contributed by atoms with Gasteiger partial charge in [0, 0.05) is 3.58 Å². The van der Waals surface area contributed by atoms with E-state index in [2.05, 4.69) is 29.2 Å². The highest BCUT2D eigenvalue weighted by Gasteiger charge is 1.88. The van der Waals surface area contributed by atoms with E-state index in [4.69, 9.17) is 4.74 Å². The van der Waals surface area contributed by atoms with Crippen LogP contribution in [0.4, 0.5) is 0 Å². The van der Waals surface area contributed by atoms with Gasteiger partial charge >= 0.3 is 0 Å². The van der Waals surface area contributed by atoms with Crippen LogP contribution in [0.5, 0.6) is 0 Å². The van der Waals surface area contributed by atoms with Gasteiger partial charge in [0.05, 0.1) is 7.11 Å². The van der Waals surface area contributed by atoms with Gasteiger partial charge in [-0.1, -0.05) is 12.7 Å². The van der Waals surface area contributed by atoms with Gasteiger partial charge in [0.1, 0.15) is 5.76 Å². The fourth-order valence-corrected chi connectivity index (χ4v) is 0.461. The van der Waals surface area contributed by atoms with E-state index in [1.165, 1.54) is 0 Å². The first-order valence-electron chi connectivity index (χ1n) is 2.25. The Labute approximate surface area is 63.6 Å². The molecule has 0 bridgehead atoms. The first-order chi connectivity index (χ1) is 3.72. The summed E-state index contributed by atoms with van der Waals surface area (Å²) in [5, 5.41) is 0. The number of allylic oxidation sites excluding steroid dienone is 3. The van der Waals surface area contributed by atoms with E-state index in [1.54, 1.807) is 13.2 Å². The van der Waals surface area contributed by atoms with E-state index in [0.717, 1.165) is 9.34 Å². The zero-order valence-corrected chi connectivity index (χ0v) is 7.23. The van der Waals surface area contributed by atoms with Crippen molar-refractivity contribution in [2.45, 2.75) is 6.92 Å². The Bertz CT molecular complexity index is 116. The molecule has 0 aliphatic heterocycles. The molecule has 0 aliphatic rings. The minimum absolute atomic E-state index is 0.917. The Balaban J connectivity index is 4.03. The van der Waals surface area contributed by atoms with Gasteiger partial charge in [0.15, 0.2) is 0 Å². The molecule has 8 heavy (non-hydrogen) atoms. The summed E-state index contributed by atoms with van der Waals surface area (Å²) in [5.74, 6) is 0.917. The van der Waals surface area contributed by atoms with Crippen LogP contribution in [0, 0.1) is 0 Å². The van der Waals surface area contributed by atoms with Crippen molar-refractivity contribution < 1.29 is 4.74 Å². The Hall–Kier alpha value is 0.01000. The SMILES string of the molecule is C=C/C(I)=C(\C)OC. The van der Waals surface area contributed by atoms with E-state index in [-0.39, 0.29) is 0 Å². The van der Waals surface area contributed by atoms with Gasteiger partial charge < -0.3 is 4.74 Å². The summed E-state index contributed by atoms with van der Waals surface area (Å²) in [7, 11) is 1.65. The molecule has 0 saturated heterocycles. The minimum atomic E-state index is 0.917. The average molecular weight is 224 g/mol. The Kier molecular flexibility index (Phi) is 3.95. The Morgan fingerprint density at radius 2 is 2.25 bits per heavy atom. The number of rotatable bonds is 2. The molecule has 0 aromatic rings. The molecule has 46 valence electrons. The quantitative estimate of drug-likeness (QED) is 0.397. The average Bonchev–Trinajstić information content (AvgIpc) is 1.84. The number of hydrogen-bond acceptors (Lipinski definition) is 1. The van der Waals surface area contributed by atoms with E-state index < -0.39 is 0 Å². The summed E-state index contributed by atoms with van der Waals surface area (Å²) in [5.41, 5.74) is 0. The first kappa shape index (κ1) is 8.01. The lowest BCUT2D eigenvalue weighted by Gasteiger charge is -1.97. The minimum Gasteiger partial charge on any atom is -0.500 e. The van der Waals surface area contributed by atoms with Gasteiger partial charge in [-0.2, -0.15) is 0 Å². The molecular formula is C6H9IO. The maximum atomic E-state index is 4.90. The van der Waals surface area contributed by atoms with Gasteiger partial charge in [-0.05, 0) is 29.5 Å². The lowest BCUT2D eigenvalue weighted by molar-refractivity contribution is 0.293. The second kappa shape index (κ2) is 3.95. The number of ether oxygens (including phenoxy) is 1. The van der Waals surface area contributed by atoms with Crippen molar-refractivity contribution in [1.82, 2.24) is 0 Å². The third-order valence-corrected chi connectivity index (χ3v) is 2.02. The molecule has 0 spiro atoms. The molecule has 0 N–H and O–H groups in total. The van der Waals surface area contributed by atoms with Crippen LogP contribution in [0.3, 0.4) is 0 Å². The van der Waals surface area contributed by atoms with E-state index in [9.17, 15) is 0 Å². The highest BCUT2D eigenvalue weighted by molar-refractivity contribution is 14.1. The summed E-state index contributed by atoms with van der Waals surface area (Å²) >= 11 is 2.17. The van der Waals surface area contributed by atoms with Crippen LogP contribution in [0.15, 0.2) is 22.0 Å². The van der Waals surface area contributed by atoms with Crippen LogP contribution in [0.25, 0.3) is 0 Å². The molecule has 0 radical (unpaired) electrons. The van der Waals surface area contributed by atoms with Crippen molar-refractivity contribution in [2.24, 2.45) is 0 Å². The summed E-state index contributed by atoms with van der Waals surface area (Å²) < 4.78 is 5.96. The molecule has 0 heterocycles.